The summed E-state index contributed by atoms with van der Waals surface area (Å²) in [5, 5.41) is 9.37. The SMILES string of the molecule is COc1ccc(F)c(-c2cc(F)c(COc3cccc([C@@H](CC(=O)O)C4CC4)c3)cc2[C@H]2CCCC2(C)C)c1. The van der Waals surface area contributed by atoms with Crippen LogP contribution in [0, 0.1) is 23.0 Å². The average molecular weight is 535 g/mol. The Balaban J connectivity index is 1.47. The van der Waals surface area contributed by atoms with Crippen LogP contribution in [0.2, 0.25) is 0 Å². The molecule has 3 aromatic rings. The molecule has 0 heterocycles. The van der Waals surface area contributed by atoms with E-state index >= 15 is 8.78 Å². The summed E-state index contributed by atoms with van der Waals surface area (Å²) in [5.74, 6) is -0.0981. The molecular formula is C33H36F2O4. The Bertz CT molecular complexity index is 1360. The third-order valence-electron chi connectivity index (χ3n) is 8.58. The summed E-state index contributed by atoms with van der Waals surface area (Å²) in [7, 11) is 1.53. The van der Waals surface area contributed by atoms with Crippen LogP contribution in [0.4, 0.5) is 8.78 Å². The standard InChI is InChI=1S/C33H36F2O4/c1-33(2)13-5-8-29(33)27-15-22(31(35)17-26(27)28-16-23(38-3)11-12-30(28)34)19-39-24-7-4-6-21(14-24)25(18-32(36)37)20-9-10-20/h4,6-7,11-12,14-17,20,25,29H,5,8-10,13,18-19H2,1-3H3,(H,36,37)/t25-,29+/m0/s1. The number of carboxylic acids is 1. The maximum atomic E-state index is 15.6. The molecule has 0 saturated heterocycles. The van der Waals surface area contributed by atoms with Crippen LogP contribution in [0.25, 0.3) is 11.1 Å². The van der Waals surface area contributed by atoms with Crippen LogP contribution in [0.5, 0.6) is 11.5 Å². The van der Waals surface area contributed by atoms with Crippen LogP contribution in [0.3, 0.4) is 0 Å². The Labute approximate surface area is 229 Å². The van der Waals surface area contributed by atoms with Crippen LogP contribution in [0.15, 0.2) is 54.6 Å². The first-order chi connectivity index (χ1) is 18.7. The van der Waals surface area contributed by atoms with Crippen molar-refractivity contribution in [2.24, 2.45) is 11.3 Å². The fourth-order valence-electron chi connectivity index (χ4n) is 6.25. The Morgan fingerprint density at radius 1 is 1.00 bits per heavy atom. The second-order valence-corrected chi connectivity index (χ2v) is 11.7. The van der Waals surface area contributed by atoms with Crippen LogP contribution in [-0.2, 0) is 11.4 Å². The average Bonchev–Trinajstić information content (AvgIpc) is 3.69. The van der Waals surface area contributed by atoms with Gasteiger partial charge in [-0.05, 0) is 108 Å². The molecule has 0 spiro atoms. The molecule has 206 valence electrons. The summed E-state index contributed by atoms with van der Waals surface area (Å²) in [4.78, 5) is 11.4. The van der Waals surface area contributed by atoms with Crippen molar-refractivity contribution in [2.75, 3.05) is 7.11 Å². The van der Waals surface area contributed by atoms with Crippen LogP contribution in [-0.4, -0.2) is 18.2 Å². The molecule has 2 atom stereocenters. The van der Waals surface area contributed by atoms with Gasteiger partial charge in [0.1, 0.15) is 29.7 Å². The normalized spacial score (nSPS) is 19.1. The lowest BCUT2D eigenvalue weighted by Crippen LogP contribution is -2.17. The monoisotopic (exact) mass is 534 g/mol. The zero-order chi connectivity index (χ0) is 27.7. The third kappa shape index (κ3) is 5.95. The largest absolute Gasteiger partial charge is 0.497 e. The molecule has 0 aliphatic heterocycles. The molecule has 6 heteroatoms. The fraction of sp³-hybridized carbons (Fsp3) is 0.424. The van der Waals surface area contributed by atoms with Crippen molar-refractivity contribution in [3.05, 3.63) is 82.9 Å². The number of hydrogen-bond acceptors (Lipinski definition) is 3. The first-order valence-corrected chi connectivity index (χ1v) is 13.8. The highest BCUT2D eigenvalue weighted by Crippen LogP contribution is 2.52. The first-order valence-electron chi connectivity index (χ1n) is 13.8. The number of methoxy groups -OCH3 is 1. The smallest absolute Gasteiger partial charge is 0.303 e. The van der Waals surface area contributed by atoms with Crippen LogP contribution >= 0.6 is 0 Å². The van der Waals surface area contributed by atoms with E-state index in [4.69, 9.17) is 9.47 Å². The molecule has 2 saturated carbocycles. The topological polar surface area (TPSA) is 55.8 Å². The van der Waals surface area contributed by atoms with E-state index in [1.165, 1.54) is 19.2 Å². The van der Waals surface area contributed by atoms with Gasteiger partial charge in [-0.1, -0.05) is 32.4 Å². The number of rotatable bonds is 10. The molecule has 0 amide bonds. The molecule has 1 N–H and O–H groups in total. The second kappa shape index (κ2) is 11.0. The lowest BCUT2D eigenvalue weighted by Gasteiger charge is -2.30. The Morgan fingerprint density at radius 2 is 1.79 bits per heavy atom. The minimum Gasteiger partial charge on any atom is -0.497 e. The van der Waals surface area contributed by atoms with Gasteiger partial charge in [0.25, 0.3) is 0 Å². The van der Waals surface area contributed by atoms with Gasteiger partial charge in [-0.25, -0.2) is 8.78 Å². The van der Waals surface area contributed by atoms with E-state index in [0.29, 0.717) is 34.1 Å². The van der Waals surface area contributed by atoms with E-state index in [9.17, 15) is 9.90 Å². The minimum atomic E-state index is -0.810. The number of benzene rings is 3. The molecule has 3 aromatic carbocycles. The molecule has 0 unspecified atom stereocenters. The van der Waals surface area contributed by atoms with Crippen molar-refractivity contribution in [3.63, 3.8) is 0 Å². The number of carbonyl (C=O) groups is 1. The zero-order valence-corrected chi connectivity index (χ0v) is 22.8. The van der Waals surface area contributed by atoms with Gasteiger partial charge in [0.05, 0.1) is 13.5 Å². The number of aliphatic carboxylic acids is 1. The van der Waals surface area contributed by atoms with E-state index in [1.54, 1.807) is 12.1 Å². The molecule has 2 aliphatic rings. The van der Waals surface area contributed by atoms with Crippen LogP contribution < -0.4 is 9.47 Å². The van der Waals surface area contributed by atoms with Crippen molar-refractivity contribution in [1.82, 2.24) is 0 Å². The predicted molar refractivity (Wildman–Crippen MR) is 147 cm³/mol. The number of halogens is 2. The zero-order valence-electron chi connectivity index (χ0n) is 22.8. The van der Waals surface area contributed by atoms with Gasteiger partial charge >= 0.3 is 5.97 Å². The molecule has 2 fully saturated rings. The van der Waals surface area contributed by atoms with Gasteiger partial charge < -0.3 is 14.6 Å². The Kier molecular flexibility index (Phi) is 7.66. The summed E-state index contributed by atoms with van der Waals surface area (Å²) < 4.78 is 42.0. The fourth-order valence-corrected chi connectivity index (χ4v) is 6.25. The summed E-state index contributed by atoms with van der Waals surface area (Å²) in [6, 6.07) is 15.3. The Morgan fingerprint density at radius 3 is 2.46 bits per heavy atom. The number of carboxylic acid groups (broad SMARTS) is 1. The summed E-state index contributed by atoms with van der Waals surface area (Å²) in [5.41, 5.74) is 3.15. The maximum Gasteiger partial charge on any atom is 0.303 e. The van der Waals surface area contributed by atoms with E-state index in [-0.39, 0.29) is 30.3 Å². The molecule has 0 bridgehead atoms. The van der Waals surface area contributed by atoms with Crippen molar-refractivity contribution in [3.8, 4) is 22.6 Å². The number of ether oxygens (including phenoxy) is 2. The predicted octanol–water partition coefficient (Wildman–Crippen LogP) is 8.48. The van der Waals surface area contributed by atoms with Gasteiger partial charge in [0, 0.05) is 11.1 Å². The van der Waals surface area contributed by atoms with E-state index < -0.39 is 17.6 Å². The molecule has 0 aromatic heterocycles. The highest BCUT2D eigenvalue weighted by atomic mass is 19.1. The van der Waals surface area contributed by atoms with Gasteiger partial charge in [-0.2, -0.15) is 0 Å². The quantitative estimate of drug-likeness (QED) is 0.283. The number of hydrogen-bond donors (Lipinski definition) is 1. The first kappa shape index (κ1) is 27.2. The van der Waals surface area contributed by atoms with Gasteiger partial charge in [0.2, 0.25) is 0 Å². The molecule has 4 nitrogen and oxygen atoms in total. The molecule has 5 rings (SSSR count). The molecule has 0 radical (unpaired) electrons. The van der Waals surface area contributed by atoms with E-state index in [1.807, 2.05) is 30.3 Å². The Hall–Kier alpha value is -3.41. The minimum absolute atomic E-state index is 0.00363. The summed E-state index contributed by atoms with van der Waals surface area (Å²) in [6.07, 6.45) is 5.22. The lowest BCUT2D eigenvalue weighted by molar-refractivity contribution is -0.137. The van der Waals surface area contributed by atoms with Crippen molar-refractivity contribution in [1.29, 1.82) is 0 Å². The highest BCUT2D eigenvalue weighted by molar-refractivity contribution is 5.71. The molecular weight excluding hydrogens is 498 g/mol. The molecule has 39 heavy (non-hydrogen) atoms. The van der Waals surface area contributed by atoms with Crippen LogP contribution in [0.1, 0.15) is 80.9 Å². The maximum absolute atomic E-state index is 15.6. The highest BCUT2D eigenvalue weighted by Gasteiger charge is 2.38. The third-order valence-corrected chi connectivity index (χ3v) is 8.58. The summed E-state index contributed by atoms with van der Waals surface area (Å²) in [6.45, 7) is 4.45. The molecule has 2 aliphatic carbocycles. The van der Waals surface area contributed by atoms with Gasteiger partial charge in [-0.15, -0.1) is 0 Å². The van der Waals surface area contributed by atoms with Crippen molar-refractivity contribution < 1.29 is 28.2 Å². The lowest BCUT2D eigenvalue weighted by atomic mass is 9.75. The summed E-state index contributed by atoms with van der Waals surface area (Å²) >= 11 is 0. The van der Waals surface area contributed by atoms with Crippen molar-refractivity contribution in [2.45, 2.75) is 70.8 Å². The van der Waals surface area contributed by atoms with E-state index in [0.717, 1.165) is 43.2 Å². The van der Waals surface area contributed by atoms with Gasteiger partial charge in [-0.3, -0.25) is 4.79 Å². The van der Waals surface area contributed by atoms with E-state index in [2.05, 4.69) is 13.8 Å². The van der Waals surface area contributed by atoms with Crippen molar-refractivity contribution >= 4 is 5.97 Å². The van der Waals surface area contributed by atoms with Gasteiger partial charge in [0.15, 0.2) is 0 Å². The second-order valence-electron chi connectivity index (χ2n) is 11.7.